The first kappa shape index (κ1) is 15.4. The monoisotopic (exact) mass is 350 g/mol. The quantitative estimate of drug-likeness (QED) is 0.764. The van der Waals surface area contributed by atoms with E-state index >= 15 is 0 Å². The highest BCUT2D eigenvalue weighted by Gasteiger charge is 2.15. The average molecular weight is 350 g/mol. The fourth-order valence-corrected chi connectivity index (χ4v) is 5.02. The topological polar surface area (TPSA) is 59.1 Å². The molecule has 0 radical (unpaired) electrons. The molecule has 4 nitrogen and oxygen atoms in total. The number of sulfonamides is 1. The number of hydrogen-bond donors (Lipinski definition) is 1. The highest BCUT2D eigenvalue weighted by atomic mass is 32.2. The lowest BCUT2D eigenvalue weighted by molar-refractivity contribution is 0.583. The molecule has 0 spiro atoms. The van der Waals surface area contributed by atoms with E-state index in [1.165, 1.54) is 11.3 Å². The van der Waals surface area contributed by atoms with Crippen LogP contribution in [0.5, 0.6) is 0 Å². The SMILES string of the molecule is Cc1ccc(S(=O)(=O)NCc2cncc(-c3cccs3)c2)s1. The van der Waals surface area contributed by atoms with Gasteiger partial charge in [0, 0.05) is 34.3 Å². The minimum atomic E-state index is -3.46. The van der Waals surface area contributed by atoms with Gasteiger partial charge in [-0.2, -0.15) is 0 Å². The summed E-state index contributed by atoms with van der Waals surface area (Å²) in [5, 5.41) is 2.00. The minimum absolute atomic E-state index is 0.228. The van der Waals surface area contributed by atoms with Crippen molar-refractivity contribution in [2.24, 2.45) is 0 Å². The Bertz CT molecular complexity index is 868. The number of thiophene rings is 2. The van der Waals surface area contributed by atoms with Crippen LogP contribution in [-0.4, -0.2) is 13.4 Å². The molecule has 0 amide bonds. The van der Waals surface area contributed by atoms with Gasteiger partial charge in [-0.25, -0.2) is 13.1 Å². The summed E-state index contributed by atoms with van der Waals surface area (Å²) in [6.45, 7) is 2.11. The molecule has 0 aromatic carbocycles. The Morgan fingerprint density at radius 3 is 2.77 bits per heavy atom. The first-order valence-corrected chi connectivity index (χ1v) is 9.76. The van der Waals surface area contributed by atoms with Crippen molar-refractivity contribution in [1.82, 2.24) is 9.71 Å². The highest BCUT2D eigenvalue weighted by molar-refractivity contribution is 7.91. The molecular weight excluding hydrogens is 336 g/mol. The van der Waals surface area contributed by atoms with Crippen LogP contribution in [0.4, 0.5) is 0 Å². The van der Waals surface area contributed by atoms with Gasteiger partial charge in [-0.1, -0.05) is 6.07 Å². The van der Waals surface area contributed by atoms with Crippen molar-refractivity contribution in [3.63, 3.8) is 0 Å². The van der Waals surface area contributed by atoms with Gasteiger partial charge in [0.15, 0.2) is 0 Å². The Balaban J connectivity index is 1.75. The van der Waals surface area contributed by atoms with Crippen molar-refractivity contribution in [2.75, 3.05) is 0 Å². The van der Waals surface area contributed by atoms with Crippen LogP contribution in [0.1, 0.15) is 10.4 Å². The van der Waals surface area contributed by atoms with E-state index in [4.69, 9.17) is 0 Å². The average Bonchev–Trinajstić information content (AvgIpc) is 3.17. The standard InChI is InChI=1S/C15H14N2O2S3/c1-11-4-5-15(21-11)22(18,19)17-9-12-7-13(10-16-8-12)14-3-2-6-20-14/h2-8,10,17H,9H2,1H3. The Labute approximate surface area is 137 Å². The molecular formula is C15H14N2O2S3. The van der Waals surface area contributed by atoms with Crippen molar-refractivity contribution >= 4 is 32.7 Å². The van der Waals surface area contributed by atoms with E-state index in [2.05, 4.69) is 9.71 Å². The summed E-state index contributed by atoms with van der Waals surface area (Å²) in [5.74, 6) is 0. The predicted molar refractivity (Wildman–Crippen MR) is 90.6 cm³/mol. The molecule has 22 heavy (non-hydrogen) atoms. The molecule has 3 rings (SSSR count). The van der Waals surface area contributed by atoms with Gasteiger partial charge in [0.05, 0.1) is 0 Å². The molecule has 0 bridgehead atoms. The number of pyridine rings is 1. The van der Waals surface area contributed by atoms with Crippen LogP contribution in [-0.2, 0) is 16.6 Å². The van der Waals surface area contributed by atoms with Crippen LogP contribution in [0.15, 0.2) is 52.3 Å². The van der Waals surface area contributed by atoms with Gasteiger partial charge in [0.2, 0.25) is 10.0 Å². The molecule has 0 aliphatic heterocycles. The van der Waals surface area contributed by atoms with Crippen LogP contribution in [0.2, 0.25) is 0 Å². The zero-order valence-corrected chi connectivity index (χ0v) is 14.3. The molecule has 0 saturated heterocycles. The normalized spacial score (nSPS) is 11.7. The van der Waals surface area contributed by atoms with Crippen molar-refractivity contribution < 1.29 is 8.42 Å². The van der Waals surface area contributed by atoms with E-state index in [9.17, 15) is 8.42 Å². The molecule has 1 N–H and O–H groups in total. The lowest BCUT2D eigenvalue weighted by atomic mass is 10.2. The largest absolute Gasteiger partial charge is 0.264 e. The lowest BCUT2D eigenvalue weighted by Crippen LogP contribution is -2.22. The Morgan fingerprint density at radius 1 is 1.23 bits per heavy atom. The van der Waals surface area contributed by atoms with Crippen molar-refractivity contribution in [1.29, 1.82) is 0 Å². The van der Waals surface area contributed by atoms with Gasteiger partial charge in [-0.15, -0.1) is 22.7 Å². The summed E-state index contributed by atoms with van der Waals surface area (Å²) in [5.41, 5.74) is 1.83. The molecule has 7 heteroatoms. The number of nitrogens with zero attached hydrogens (tertiary/aromatic N) is 1. The van der Waals surface area contributed by atoms with Gasteiger partial charge in [-0.3, -0.25) is 4.98 Å². The maximum Gasteiger partial charge on any atom is 0.250 e. The summed E-state index contributed by atoms with van der Waals surface area (Å²) in [7, 11) is -3.46. The molecule has 0 aliphatic carbocycles. The zero-order chi connectivity index (χ0) is 15.6. The third kappa shape index (κ3) is 3.44. The molecule has 114 valence electrons. The Kier molecular flexibility index (Phi) is 4.39. The summed E-state index contributed by atoms with van der Waals surface area (Å²) in [6.07, 6.45) is 3.46. The maximum absolute atomic E-state index is 12.2. The fourth-order valence-electron chi connectivity index (χ4n) is 1.97. The molecule has 0 saturated carbocycles. The lowest BCUT2D eigenvalue weighted by Gasteiger charge is -2.06. The molecule has 3 heterocycles. The van der Waals surface area contributed by atoms with Crippen LogP contribution < -0.4 is 4.72 Å². The number of aryl methyl sites for hydroxylation is 1. The predicted octanol–water partition coefficient (Wildman–Crippen LogP) is 3.66. The Hall–Kier alpha value is -1.54. The molecule has 3 aromatic heterocycles. The van der Waals surface area contributed by atoms with Crippen molar-refractivity contribution in [2.45, 2.75) is 17.7 Å². The summed E-state index contributed by atoms with van der Waals surface area (Å²) < 4.78 is 27.4. The zero-order valence-electron chi connectivity index (χ0n) is 11.8. The number of aromatic nitrogens is 1. The fraction of sp³-hybridized carbons (Fsp3) is 0.133. The van der Waals surface area contributed by atoms with E-state index < -0.39 is 10.0 Å². The number of nitrogens with one attached hydrogen (secondary N) is 1. The van der Waals surface area contributed by atoms with Crippen molar-refractivity contribution in [3.05, 3.63) is 58.5 Å². The third-order valence-electron chi connectivity index (χ3n) is 3.05. The van der Waals surface area contributed by atoms with Gasteiger partial charge in [-0.05, 0) is 42.1 Å². The molecule has 0 aliphatic rings. The number of hydrogen-bond acceptors (Lipinski definition) is 5. The first-order valence-electron chi connectivity index (χ1n) is 6.58. The van der Waals surface area contributed by atoms with E-state index in [-0.39, 0.29) is 6.54 Å². The summed E-state index contributed by atoms with van der Waals surface area (Å²) in [6, 6.07) is 9.39. The molecule has 3 aromatic rings. The maximum atomic E-state index is 12.2. The van der Waals surface area contributed by atoms with Crippen LogP contribution in [0.3, 0.4) is 0 Å². The summed E-state index contributed by atoms with van der Waals surface area (Å²) >= 11 is 2.90. The van der Waals surface area contributed by atoms with Gasteiger partial charge in [0.25, 0.3) is 0 Å². The highest BCUT2D eigenvalue weighted by Crippen LogP contribution is 2.25. The van der Waals surface area contributed by atoms with Crippen LogP contribution in [0.25, 0.3) is 10.4 Å². The smallest absolute Gasteiger partial charge is 0.250 e. The second kappa shape index (κ2) is 6.29. The number of rotatable bonds is 5. The van der Waals surface area contributed by atoms with Gasteiger partial charge < -0.3 is 0 Å². The summed E-state index contributed by atoms with van der Waals surface area (Å²) in [4.78, 5) is 6.28. The van der Waals surface area contributed by atoms with E-state index in [1.54, 1.807) is 35.9 Å². The molecule has 0 atom stereocenters. The van der Waals surface area contributed by atoms with E-state index in [0.29, 0.717) is 4.21 Å². The van der Waals surface area contributed by atoms with Gasteiger partial charge in [0.1, 0.15) is 4.21 Å². The van der Waals surface area contributed by atoms with Crippen molar-refractivity contribution in [3.8, 4) is 10.4 Å². The van der Waals surface area contributed by atoms with Crippen LogP contribution in [0, 0.1) is 6.92 Å². The van der Waals surface area contributed by atoms with E-state index in [0.717, 1.165) is 20.9 Å². The minimum Gasteiger partial charge on any atom is -0.264 e. The second-order valence-electron chi connectivity index (χ2n) is 4.75. The van der Waals surface area contributed by atoms with E-state index in [1.807, 2.05) is 30.5 Å². The van der Waals surface area contributed by atoms with Gasteiger partial charge >= 0.3 is 0 Å². The Morgan fingerprint density at radius 2 is 2.09 bits per heavy atom. The molecule has 0 unspecified atom stereocenters. The first-order chi connectivity index (χ1) is 10.5. The van der Waals surface area contributed by atoms with Crippen LogP contribution >= 0.6 is 22.7 Å². The third-order valence-corrected chi connectivity index (χ3v) is 6.86. The second-order valence-corrected chi connectivity index (χ2v) is 8.98. The molecule has 0 fully saturated rings.